The quantitative estimate of drug-likeness (QED) is 0.669. The molecule has 15 heavy (non-hydrogen) atoms. The van der Waals surface area contributed by atoms with Crippen molar-refractivity contribution >= 4 is 17.8 Å². The fraction of sp³-hybridized carbons (Fsp3) is 0.444. The standard InChI is InChI=1S/C9H11NO5/c1-2-3-15-9(14)10-5-6(11)4-7(10)8(12)13/h2,7H,1,3-5H2,(H,12,13)/t7-/m0/s1. The fourth-order valence-electron chi connectivity index (χ4n) is 1.32. The zero-order valence-electron chi connectivity index (χ0n) is 8.01. The highest BCUT2D eigenvalue weighted by molar-refractivity contribution is 5.95. The minimum absolute atomic E-state index is 0.00410. The van der Waals surface area contributed by atoms with Crippen LogP contribution in [-0.2, 0) is 14.3 Å². The molecule has 0 saturated carbocycles. The van der Waals surface area contributed by atoms with Crippen LogP contribution in [-0.4, -0.2) is 47.0 Å². The third-order valence-corrected chi connectivity index (χ3v) is 1.99. The van der Waals surface area contributed by atoms with Gasteiger partial charge in [0.2, 0.25) is 0 Å². The number of carboxylic acid groups (broad SMARTS) is 1. The number of amides is 1. The van der Waals surface area contributed by atoms with Gasteiger partial charge in [0.25, 0.3) is 0 Å². The molecule has 0 aromatic rings. The van der Waals surface area contributed by atoms with E-state index in [1.807, 2.05) is 0 Å². The maximum absolute atomic E-state index is 11.3. The molecular formula is C9H11NO5. The Balaban J connectivity index is 2.66. The number of nitrogens with zero attached hydrogens (tertiary/aromatic N) is 1. The first-order valence-corrected chi connectivity index (χ1v) is 4.35. The first-order valence-electron chi connectivity index (χ1n) is 4.35. The Morgan fingerprint density at radius 3 is 2.87 bits per heavy atom. The zero-order chi connectivity index (χ0) is 11.4. The van der Waals surface area contributed by atoms with Crippen molar-refractivity contribution < 1.29 is 24.2 Å². The molecule has 1 aliphatic heterocycles. The third-order valence-electron chi connectivity index (χ3n) is 1.99. The Hall–Kier alpha value is -1.85. The molecule has 1 N–H and O–H groups in total. The van der Waals surface area contributed by atoms with E-state index in [0.717, 1.165) is 4.90 Å². The molecule has 1 heterocycles. The molecule has 0 aromatic carbocycles. The lowest BCUT2D eigenvalue weighted by Gasteiger charge is -2.19. The van der Waals surface area contributed by atoms with Gasteiger partial charge in [-0.2, -0.15) is 0 Å². The first kappa shape index (κ1) is 11.2. The highest BCUT2D eigenvalue weighted by Gasteiger charge is 2.39. The molecule has 1 aliphatic rings. The molecule has 0 aliphatic carbocycles. The number of carbonyl (C=O) groups excluding carboxylic acids is 2. The zero-order valence-corrected chi connectivity index (χ0v) is 8.01. The van der Waals surface area contributed by atoms with Crippen molar-refractivity contribution in [2.45, 2.75) is 12.5 Å². The Morgan fingerprint density at radius 1 is 1.67 bits per heavy atom. The van der Waals surface area contributed by atoms with Gasteiger partial charge >= 0.3 is 12.1 Å². The molecule has 0 aromatic heterocycles. The summed E-state index contributed by atoms with van der Waals surface area (Å²) in [4.78, 5) is 33.9. The summed E-state index contributed by atoms with van der Waals surface area (Å²) in [5.41, 5.74) is 0. The molecule has 0 radical (unpaired) electrons. The summed E-state index contributed by atoms with van der Waals surface area (Å²) in [5, 5.41) is 8.75. The number of carbonyl (C=O) groups is 3. The average molecular weight is 213 g/mol. The minimum Gasteiger partial charge on any atom is -0.480 e. The normalized spacial score (nSPS) is 20.1. The van der Waals surface area contributed by atoms with Gasteiger partial charge in [0, 0.05) is 6.42 Å². The van der Waals surface area contributed by atoms with Crippen molar-refractivity contribution in [3.63, 3.8) is 0 Å². The highest BCUT2D eigenvalue weighted by Crippen LogP contribution is 2.15. The van der Waals surface area contributed by atoms with Gasteiger partial charge < -0.3 is 9.84 Å². The number of ether oxygens (including phenoxy) is 1. The minimum atomic E-state index is -1.20. The van der Waals surface area contributed by atoms with Gasteiger partial charge in [-0.15, -0.1) is 0 Å². The number of ketones is 1. The Morgan fingerprint density at radius 2 is 2.33 bits per heavy atom. The average Bonchev–Trinajstić information content (AvgIpc) is 2.57. The smallest absolute Gasteiger partial charge is 0.411 e. The van der Waals surface area contributed by atoms with Crippen molar-refractivity contribution in [1.29, 1.82) is 0 Å². The van der Waals surface area contributed by atoms with Crippen molar-refractivity contribution in [3.8, 4) is 0 Å². The van der Waals surface area contributed by atoms with E-state index < -0.39 is 18.1 Å². The fourth-order valence-corrected chi connectivity index (χ4v) is 1.32. The van der Waals surface area contributed by atoms with Gasteiger partial charge in [-0.25, -0.2) is 9.59 Å². The lowest BCUT2D eigenvalue weighted by molar-refractivity contribution is -0.141. The van der Waals surface area contributed by atoms with E-state index in [0.29, 0.717) is 0 Å². The summed E-state index contributed by atoms with van der Waals surface area (Å²) < 4.78 is 4.66. The van der Waals surface area contributed by atoms with Crippen LogP contribution in [0, 0.1) is 0 Å². The van der Waals surface area contributed by atoms with Crippen molar-refractivity contribution in [3.05, 3.63) is 12.7 Å². The number of hydrogen-bond acceptors (Lipinski definition) is 4. The predicted octanol–water partition coefficient (Wildman–Crippen LogP) is 0.0370. The highest BCUT2D eigenvalue weighted by atomic mass is 16.6. The molecule has 6 heteroatoms. The third kappa shape index (κ3) is 2.55. The topological polar surface area (TPSA) is 83.9 Å². The summed E-state index contributed by atoms with van der Waals surface area (Å²) in [7, 11) is 0. The van der Waals surface area contributed by atoms with Crippen LogP contribution in [0.1, 0.15) is 6.42 Å². The molecular weight excluding hydrogens is 202 g/mol. The molecule has 6 nitrogen and oxygen atoms in total. The summed E-state index contributed by atoms with van der Waals surface area (Å²) in [5.74, 6) is -1.48. The van der Waals surface area contributed by atoms with Crippen LogP contribution in [0.4, 0.5) is 4.79 Å². The summed E-state index contributed by atoms with van der Waals surface area (Å²) in [6.45, 7) is 3.14. The second-order valence-corrected chi connectivity index (χ2v) is 3.09. The van der Waals surface area contributed by atoms with E-state index >= 15 is 0 Å². The molecule has 0 bridgehead atoms. The molecule has 0 spiro atoms. The number of carboxylic acids is 1. The predicted molar refractivity (Wildman–Crippen MR) is 49.3 cm³/mol. The molecule has 1 atom stereocenters. The maximum atomic E-state index is 11.3. The molecule has 1 rings (SSSR count). The number of aliphatic carboxylic acids is 1. The van der Waals surface area contributed by atoms with Gasteiger partial charge in [0.05, 0.1) is 6.54 Å². The van der Waals surface area contributed by atoms with E-state index in [1.54, 1.807) is 0 Å². The van der Waals surface area contributed by atoms with Crippen LogP contribution in [0.5, 0.6) is 0 Å². The largest absolute Gasteiger partial charge is 0.480 e. The van der Waals surface area contributed by atoms with Gasteiger partial charge in [-0.1, -0.05) is 12.7 Å². The van der Waals surface area contributed by atoms with Crippen LogP contribution in [0.15, 0.2) is 12.7 Å². The maximum Gasteiger partial charge on any atom is 0.411 e. The monoisotopic (exact) mass is 213 g/mol. The van der Waals surface area contributed by atoms with Crippen LogP contribution >= 0.6 is 0 Å². The van der Waals surface area contributed by atoms with Crippen molar-refractivity contribution in [2.24, 2.45) is 0 Å². The summed E-state index contributed by atoms with van der Waals surface area (Å²) in [6.07, 6.45) is 0.414. The number of hydrogen-bond donors (Lipinski definition) is 1. The van der Waals surface area contributed by atoms with Crippen LogP contribution in [0.2, 0.25) is 0 Å². The van der Waals surface area contributed by atoms with Crippen molar-refractivity contribution in [1.82, 2.24) is 4.90 Å². The Kier molecular flexibility index (Phi) is 3.43. The second-order valence-electron chi connectivity index (χ2n) is 3.09. The van der Waals surface area contributed by atoms with Crippen LogP contribution in [0.25, 0.3) is 0 Å². The SMILES string of the molecule is C=CCOC(=O)N1CC(=O)C[C@H]1C(=O)O. The van der Waals surface area contributed by atoms with E-state index in [2.05, 4.69) is 11.3 Å². The van der Waals surface area contributed by atoms with Gasteiger partial charge in [0.1, 0.15) is 12.6 Å². The molecule has 0 unspecified atom stereocenters. The lowest BCUT2D eigenvalue weighted by Crippen LogP contribution is -2.40. The van der Waals surface area contributed by atoms with Crippen molar-refractivity contribution in [2.75, 3.05) is 13.2 Å². The van der Waals surface area contributed by atoms with Crippen LogP contribution < -0.4 is 0 Å². The molecule has 1 amide bonds. The van der Waals surface area contributed by atoms with Gasteiger partial charge in [0.15, 0.2) is 5.78 Å². The number of likely N-dealkylation sites (tertiary alicyclic amines) is 1. The lowest BCUT2D eigenvalue weighted by atomic mass is 10.2. The molecule has 1 saturated heterocycles. The van der Waals surface area contributed by atoms with Gasteiger partial charge in [-0.3, -0.25) is 9.69 Å². The first-order chi connectivity index (χ1) is 7.06. The van der Waals surface area contributed by atoms with Crippen LogP contribution in [0.3, 0.4) is 0 Å². The van der Waals surface area contributed by atoms with E-state index in [1.165, 1.54) is 6.08 Å². The number of Topliss-reactive ketones (excluding diaryl/α,β-unsaturated/α-hetero) is 1. The van der Waals surface area contributed by atoms with E-state index in [4.69, 9.17) is 5.11 Å². The molecule has 1 fully saturated rings. The molecule has 82 valence electrons. The summed E-state index contributed by atoms with van der Waals surface area (Å²) in [6, 6.07) is -1.10. The van der Waals surface area contributed by atoms with E-state index in [-0.39, 0.29) is 25.4 Å². The second kappa shape index (κ2) is 4.59. The van der Waals surface area contributed by atoms with Gasteiger partial charge in [-0.05, 0) is 0 Å². The number of rotatable bonds is 3. The Labute approximate surface area is 86.1 Å². The summed E-state index contributed by atoms with van der Waals surface area (Å²) >= 11 is 0. The van der Waals surface area contributed by atoms with E-state index in [9.17, 15) is 14.4 Å². The Bertz CT molecular complexity index is 312.